The Labute approximate surface area is 185 Å². The van der Waals surface area contributed by atoms with Gasteiger partial charge in [0.15, 0.2) is 11.0 Å². The lowest BCUT2D eigenvalue weighted by Gasteiger charge is -2.08. The van der Waals surface area contributed by atoms with Crippen LogP contribution < -0.4 is 10.1 Å². The van der Waals surface area contributed by atoms with Crippen LogP contribution in [0.25, 0.3) is 10.7 Å². The average Bonchev–Trinajstić information content (AvgIpc) is 3.46. The number of amides is 1. The van der Waals surface area contributed by atoms with Crippen LogP contribution in [-0.4, -0.2) is 25.6 Å². The molecule has 0 aliphatic heterocycles. The Kier molecular flexibility index (Phi) is 5.99. The van der Waals surface area contributed by atoms with Gasteiger partial charge >= 0.3 is 6.55 Å². The van der Waals surface area contributed by atoms with E-state index in [0.717, 1.165) is 27.2 Å². The standard InChI is InChI=1S/C21H19F2N5O3S/c1-11-16(13(3)31-27-11)10-30-15-6-4-5-14(9-15)19(29)26-21-25-12(2)17(32-21)18-24-7-8-28(18)20(22)23/h4-9,20H,10H2,1-3H3,(H,25,26,29). The molecule has 0 aliphatic carbocycles. The number of nitrogens with one attached hydrogen (secondary N) is 1. The van der Waals surface area contributed by atoms with Gasteiger partial charge in [-0.05, 0) is 39.0 Å². The largest absolute Gasteiger partial charge is 0.489 e. The van der Waals surface area contributed by atoms with Crippen molar-refractivity contribution < 1.29 is 22.8 Å². The number of ether oxygens (including phenoxy) is 1. The van der Waals surface area contributed by atoms with E-state index in [2.05, 4.69) is 20.4 Å². The van der Waals surface area contributed by atoms with Gasteiger partial charge in [-0.2, -0.15) is 8.78 Å². The Hall–Kier alpha value is -3.60. The smallest absolute Gasteiger partial charge is 0.320 e. The Bertz CT molecular complexity index is 1240. The molecule has 3 aromatic heterocycles. The minimum atomic E-state index is -2.72. The molecule has 0 unspecified atom stereocenters. The summed E-state index contributed by atoms with van der Waals surface area (Å²) in [6.45, 7) is 2.85. The summed E-state index contributed by atoms with van der Waals surface area (Å²) >= 11 is 1.08. The number of hydrogen-bond acceptors (Lipinski definition) is 7. The summed E-state index contributed by atoms with van der Waals surface area (Å²) in [5, 5.41) is 6.89. The van der Waals surface area contributed by atoms with Crippen molar-refractivity contribution in [3.8, 4) is 16.5 Å². The number of hydrogen-bond donors (Lipinski definition) is 1. The normalized spacial score (nSPS) is 11.2. The predicted molar refractivity (Wildman–Crippen MR) is 114 cm³/mol. The Morgan fingerprint density at radius 2 is 2.09 bits per heavy atom. The molecule has 4 rings (SSSR count). The number of aromatic nitrogens is 4. The molecule has 1 amide bonds. The first-order chi connectivity index (χ1) is 15.3. The summed E-state index contributed by atoms with van der Waals surface area (Å²) < 4.78 is 38.0. The predicted octanol–water partition coefficient (Wildman–Crippen LogP) is 5.15. The van der Waals surface area contributed by atoms with E-state index in [1.165, 1.54) is 12.4 Å². The number of halogens is 2. The number of carbonyl (C=O) groups is 1. The highest BCUT2D eigenvalue weighted by Crippen LogP contribution is 2.33. The van der Waals surface area contributed by atoms with Crippen molar-refractivity contribution in [2.75, 3.05) is 5.32 Å². The van der Waals surface area contributed by atoms with E-state index in [1.54, 1.807) is 38.1 Å². The molecular formula is C21H19F2N5O3S. The number of nitrogens with zero attached hydrogens (tertiary/aromatic N) is 4. The molecule has 0 bridgehead atoms. The van der Waals surface area contributed by atoms with E-state index in [0.29, 0.717) is 27.6 Å². The van der Waals surface area contributed by atoms with Gasteiger partial charge in [0, 0.05) is 18.0 Å². The van der Waals surface area contributed by atoms with Gasteiger partial charge < -0.3 is 9.26 Å². The molecule has 4 aromatic rings. The van der Waals surface area contributed by atoms with E-state index >= 15 is 0 Å². The SMILES string of the molecule is Cc1nc(NC(=O)c2cccc(OCc3c(C)noc3C)c2)sc1-c1nccn1C(F)F. The van der Waals surface area contributed by atoms with Crippen LogP contribution in [0.4, 0.5) is 13.9 Å². The lowest BCUT2D eigenvalue weighted by Crippen LogP contribution is -2.11. The van der Waals surface area contributed by atoms with Crippen LogP contribution in [0.2, 0.25) is 0 Å². The number of anilines is 1. The van der Waals surface area contributed by atoms with E-state index in [1.807, 2.05) is 6.92 Å². The monoisotopic (exact) mass is 459 g/mol. The van der Waals surface area contributed by atoms with Crippen LogP contribution in [0, 0.1) is 20.8 Å². The van der Waals surface area contributed by atoms with E-state index in [4.69, 9.17) is 9.26 Å². The maximum atomic E-state index is 13.2. The molecule has 32 heavy (non-hydrogen) atoms. The van der Waals surface area contributed by atoms with Gasteiger partial charge in [0.1, 0.15) is 18.1 Å². The number of aryl methyl sites for hydroxylation is 3. The summed E-state index contributed by atoms with van der Waals surface area (Å²) in [5.74, 6) is 0.891. The van der Waals surface area contributed by atoms with Gasteiger partial charge in [0.2, 0.25) is 0 Å². The molecule has 0 spiro atoms. The minimum Gasteiger partial charge on any atom is -0.489 e. The zero-order valence-corrected chi connectivity index (χ0v) is 18.2. The molecule has 0 aliphatic rings. The average molecular weight is 459 g/mol. The fraction of sp³-hybridized carbons (Fsp3) is 0.238. The number of benzene rings is 1. The molecule has 0 radical (unpaired) electrons. The van der Waals surface area contributed by atoms with Crippen LogP contribution in [0.15, 0.2) is 41.2 Å². The molecule has 0 fully saturated rings. The van der Waals surface area contributed by atoms with Crippen molar-refractivity contribution in [2.45, 2.75) is 33.9 Å². The zero-order valence-electron chi connectivity index (χ0n) is 17.4. The first-order valence-electron chi connectivity index (χ1n) is 9.58. The number of alkyl halides is 2. The molecule has 1 N–H and O–H groups in total. The third-order valence-corrected chi connectivity index (χ3v) is 5.83. The van der Waals surface area contributed by atoms with Gasteiger partial charge in [-0.3, -0.25) is 14.7 Å². The van der Waals surface area contributed by atoms with Crippen LogP contribution in [0.5, 0.6) is 5.75 Å². The van der Waals surface area contributed by atoms with Crippen molar-refractivity contribution in [3.63, 3.8) is 0 Å². The number of rotatable bonds is 7. The van der Waals surface area contributed by atoms with Crippen LogP contribution in [-0.2, 0) is 6.61 Å². The highest BCUT2D eigenvalue weighted by molar-refractivity contribution is 7.19. The van der Waals surface area contributed by atoms with E-state index < -0.39 is 12.5 Å². The van der Waals surface area contributed by atoms with Gasteiger partial charge in [-0.15, -0.1) is 0 Å². The maximum Gasteiger partial charge on any atom is 0.320 e. The van der Waals surface area contributed by atoms with Crippen molar-refractivity contribution in [1.29, 1.82) is 0 Å². The van der Waals surface area contributed by atoms with Crippen LogP contribution in [0.1, 0.15) is 39.6 Å². The van der Waals surface area contributed by atoms with Gasteiger partial charge in [-0.25, -0.2) is 9.97 Å². The minimum absolute atomic E-state index is 0.102. The molecule has 166 valence electrons. The highest BCUT2D eigenvalue weighted by Gasteiger charge is 2.20. The topological polar surface area (TPSA) is 95.1 Å². The second kappa shape index (κ2) is 8.87. The van der Waals surface area contributed by atoms with Crippen molar-refractivity contribution in [3.05, 3.63) is 64.9 Å². The first-order valence-corrected chi connectivity index (χ1v) is 10.4. The molecule has 3 heterocycles. The van der Waals surface area contributed by atoms with Gasteiger partial charge in [-0.1, -0.05) is 22.6 Å². The lowest BCUT2D eigenvalue weighted by molar-refractivity contribution is 0.0720. The summed E-state index contributed by atoms with van der Waals surface area (Å²) in [4.78, 5) is 21.5. The third-order valence-electron chi connectivity index (χ3n) is 4.76. The summed E-state index contributed by atoms with van der Waals surface area (Å²) in [5.41, 5.74) is 2.46. The van der Waals surface area contributed by atoms with Crippen molar-refractivity contribution >= 4 is 22.4 Å². The van der Waals surface area contributed by atoms with Crippen LogP contribution >= 0.6 is 11.3 Å². The second-order valence-electron chi connectivity index (χ2n) is 6.94. The summed E-state index contributed by atoms with van der Waals surface area (Å²) in [6.07, 6.45) is 2.50. The summed E-state index contributed by atoms with van der Waals surface area (Å²) in [6, 6.07) is 6.70. The highest BCUT2D eigenvalue weighted by atomic mass is 32.1. The zero-order chi connectivity index (χ0) is 22.8. The molecule has 1 aromatic carbocycles. The van der Waals surface area contributed by atoms with Gasteiger partial charge in [0.05, 0.1) is 21.8 Å². The third kappa shape index (κ3) is 4.37. The molecule has 8 nitrogen and oxygen atoms in total. The second-order valence-corrected chi connectivity index (χ2v) is 7.94. The molecule has 0 saturated carbocycles. The number of carbonyl (C=O) groups excluding carboxylic acids is 1. The quantitative estimate of drug-likeness (QED) is 0.411. The Morgan fingerprint density at radius 3 is 2.81 bits per heavy atom. The Morgan fingerprint density at radius 1 is 1.28 bits per heavy atom. The lowest BCUT2D eigenvalue weighted by atomic mass is 10.2. The fourth-order valence-electron chi connectivity index (χ4n) is 3.06. The van der Waals surface area contributed by atoms with Crippen LogP contribution in [0.3, 0.4) is 0 Å². The molecule has 0 saturated heterocycles. The summed E-state index contributed by atoms with van der Waals surface area (Å²) in [7, 11) is 0. The molecule has 0 atom stereocenters. The number of thiazole rings is 1. The molecular weight excluding hydrogens is 440 g/mol. The van der Waals surface area contributed by atoms with E-state index in [9.17, 15) is 13.6 Å². The molecule has 11 heteroatoms. The van der Waals surface area contributed by atoms with Crippen molar-refractivity contribution in [2.24, 2.45) is 0 Å². The van der Waals surface area contributed by atoms with Gasteiger partial charge in [0.25, 0.3) is 5.91 Å². The van der Waals surface area contributed by atoms with Crippen molar-refractivity contribution in [1.82, 2.24) is 19.7 Å². The fourth-order valence-corrected chi connectivity index (χ4v) is 4.03. The first kappa shape index (κ1) is 21.6. The maximum absolute atomic E-state index is 13.2. The number of imidazole rings is 1. The van der Waals surface area contributed by atoms with E-state index in [-0.39, 0.29) is 17.6 Å². The Balaban J connectivity index is 1.48.